The Balaban J connectivity index is 2.94. The van der Waals surface area contributed by atoms with Gasteiger partial charge in [-0.2, -0.15) is 0 Å². The molecule has 0 bridgehead atoms. The zero-order chi connectivity index (χ0) is 16.0. The predicted octanol–water partition coefficient (Wildman–Crippen LogP) is 1.81. The van der Waals surface area contributed by atoms with Crippen molar-refractivity contribution in [1.82, 2.24) is 4.90 Å². The zero-order valence-electron chi connectivity index (χ0n) is 12.1. The van der Waals surface area contributed by atoms with Crippen LogP contribution < -0.4 is 0 Å². The predicted molar refractivity (Wildman–Crippen MR) is 76.3 cm³/mol. The van der Waals surface area contributed by atoms with Crippen LogP contribution in [0.25, 0.3) is 0 Å². The number of carboxylic acids is 2. The molecule has 1 aromatic rings. The first kappa shape index (κ1) is 16.7. The molecule has 0 saturated carbocycles. The number of rotatable bonds is 7. The van der Waals surface area contributed by atoms with Gasteiger partial charge in [0.05, 0.1) is 11.5 Å². The van der Waals surface area contributed by atoms with Crippen molar-refractivity contribution in [3.63, 3.8) is 0 Å². The number of aliphatic carboxylic acids is 1. The van der Waals surface area contributed by atoms with Crippen molar-refractivity contribution in [1.29, 1.82) is 0 Å². The number of hydrogen-bond acceptors (Lipinski definition) is 3. The van der Waals surface area contributed by atoms with Crippen LogP contribution in [0.3, 0.4) is 0 Å². The Morgan fingerprint density at radius 1 is 1.05 bits per heavy atom. The van der Waals surface area contributed by atoms with Crippen LogP contribution in [0, 0.1) is 0 Å². The molecule has 1 unspecified atom stereocenters. The van der Waals surface area contributed by atoms with Gasteiger partial charge in [0, 0.05) is 19.5 Å². The summed E-state index contributed by atoms with van der Waals surface area (Å²) >= 11 is 0. The molecule has 0 aliphatic carbocycles. The van der Waals surface area contributed by atoms with E-state index >= 15 is 0 Å². The first-order valence-electron chi connectivity index (χ1n) is 6.74. The number of carbonyl (C=O) groups excluding carboxylic acids is 1. The van der Waals surface area contributed by atoms with Gasteiger partial charge >= 0.3 is 11.9 Å². The lowest BCUT2D eigenvalue weighted by molar-refractivity contribution is -0.142. The van der Waals surface area contributed by atoms with Crippen LogP contribution >= 0.6 is 0 Å². The molecule has 2 N–H and O–H groups in total. The van der Waals surface area contributed by atoms with Gasteiger partial charge in [0.15, 0.2) is 0 Å². The number of benzene rings is 1. The van der Waals surface area contributed by atoms with E-state index in [0.29, 0.717) is 18.7 Å². The van der Waals surface area contributed by atoms with Crippen LogP contribution in [-0.4, -0.2) is 46.0 Å². The highest BCUT2D eigenvalue weighted by Crippen LogP contribution is 2.22. The quantitative estimate of drug-likeness (QED) is 0.799. The third-order valence-corrected chi connectivity index (χ3v) is 3.35. The van der Waals surface area contributed by atoms with Gasteiger partial charge in [-0.1, -0.05) is 12.1 Å². The summed E-state index contributed by atoms with van der Waals surface area (Å²) in [5, 5.41) is 18.1. The standard InChI is InChI=1S/C15H19NO5/c1-3-16(4-2)13(17)9-12(15(20)21)10-5-7-11(8-6-10)14(18)19/h5-8,12H,3-4,9H2,1-2H3,(H,18,19)(H,20,21). The van der Waals surface area contributed by atoms with E-state index in [4.69, 9.17) is 5.11 Å². The van der Waals surface area contributed by atoms with Crippen molar-refractivity contribution >= 4 is 17.8 Å². The van der Waals surface area contributed by atoms with Crippen LogP contribution in [0.5, 0.6) is 0 Å². The number of carboxylic acid groups (broad SMARTS) is 2. The van der Waals surface area contributed by atoms with E-state index in [1.807, 2.05) is 13.8 Å². The average molecular weight is 293 g/mol. The molecule has 21 heavy (non-hydrogen) atoms. The van der Waals surface area contributed by atoms with E-state index in [0.717, 1.165) is 0 Å². The highest BCUT2D eigenvalue weighted by Gasteiger charge is 2.25. The maximum atomic E-state index is 12.0. The number of hydrogen-bond donors (Lipinski definition) is 2. The summed E-state index contributed by atoms with van der Waals surface area (Å²) in [5.41, 5.74) is 0.506. The molecule has 0 fully saturated rings. The minimum Gasteiger partial charge on any atom is -0.481 e. The van der Waals surface area contributed by atoms with Crippen LogP contribution in [0.2, 0.25) is 0 Å². The number of aromatic carboxylic acids is 1. The fraction of sp³-hybridized carbons (Fsp3) is 0.400. The molecule has 0 aliphatic heterocycles. The highest BCUT2D eigenvalue weighted by atomic mass is 16.4. The SMILES string of the molecule is CCN(CC)C(=O)CC(C(=O)O)c1ccc(C(=O)O)cc1. The number of amides is 1. The summed E-state index contributed by atoms with van der Waals surface area (Å²) < 4.78 is 0. The molecule has 114 valence electrons. The van der Waals surface area contributed by atoms with E-state index in [1.54, 1.807) is 4.90 Å². The minimum absolute atomic E-state index is 0.0814. The lowest BCUT2D eigenvalue weighted by atomic mass is 9.94. The Kier molecular flexibility index (Phi) is 5.90. The van der Waals surface area contributed by atoms with E-state index in [1.165, 1.54) is 24.3 Å². The summed E-state index contributed by atoms with van der Waals surface area (Å²) in [6, 6.07) is 5.57. The Bertz CT molecular complexity index is 519. The first-order chi connectivity index (χ1) is 9.90. The molecule has 6 nitrogen and oxygen atoms in total. The molecular formula is C15H19NO5. The van der Waals surface area contributed by atoms with Crippen molar-refractivity contribution in [2.45, 2.75) is 26.2 Å². The molecule has 0 spiro atoms. The van der Waals surface area contributed by atoms with Gasteiger partial charge in [-0.05, 0) is 31.5 Å². The van der Waals surface area contributed by atoms with E-state index in [-0.39, 0.29) is 17.9 Å². The Hall–Kier alpha value is -2.37. The fourth-order valence-corrected chi connectivity index (χ4v) is 2.09. The molecule has 0 radical (unpaired) electrons. The maximum absolute atomic E-state index is 12.0. The summed E-state index contributed by atoms with van der Waals surface area (Å²) in [6.45, 7) is 4.72. The first-order valence-corrected chi connectivity index (χ1v) is 6.74. The normalized spacial score (nSPS) is 11.7. The third kappa shape index (κ3) is 4.30. The second kappa shape index (κ2) is 7.42. The lowest BCUT2D eigenvalue weighted by Crippen LogP contribution is -2.32. The molecule has 0 aromatic heterocycles. The Morgan fingerprint density at radius 2 is 1.57 bits per heavy atom. The Morgan fingerprint density at radius 3 is 1.95 bits per heavy atom. The zero-order valence-corrected chi connectivity index (χ0v) is 12.1. The largest absolute Gasteiger partial charge is 0.481 e. The minimum atomic E-state index is -1.10. The second-order valence-corrected chi connectivity index (χ2v) is 4.59. The molecule has 1 aromatic carbocycles. The monoisotopic (exact) mass is 293 g/mol. The fourth-order valence-electron chi connectivity index (χ4n) is 2.09. The average Bonchev–Trinajstić information content (AvgIpc) is 2.45. The maximum Gasteiger partial charge on any atom is 0.335 e. The van der Waals surface area contributed by atoms with Gasteiger partial charge in [0.2, 0.25) is 5.91 Å². The molecule has 1 atom stereocenters. The van der Waals surface area contributed by atoms with Gasteiger partial charge < -0.3 is 15.1 Å². The van der Waals surface area contributed by atoms with E-state index in [2.05, 4.69) is 0 Å². The van der Waals surface area contributed by atoms with Crippen molar-refractivity contribution in [3.05, 3.63) is 35.4 Å². The second-order valence-electron chi connectivity index (χ2n) is 4.59. The summed E-state index contributed by atoms with van der Waals surface area (Å²) in [4.78, 5) is 35.8. The number of nitrogens with zero attached hydrogens (tertiary/aromatic N) is 1. The van der Waals surface area contributed by atoms with Gasteiger partial charge in [-0.3, -0.25) is 9.59 Å². The van der Waals surface area contributed by atoms with Crippen molar-refractivity contribution < 1.29 is 24.6 Å². The van der Waals surface area contributed by atoms with Gasteiger partial charge in [-0.15, -0.1) is 0 Å². The van der Waals surface area contributed by atoms with Crippen LogP contribution in [0.1, 0.15) is 42.1 Å². The van der Waals surface area contributed by atoms with E-state index in [9.17, 15) is 19.5 Å². The van der Waals surface area contributed by atoms with Gasteiger partial charge in [-0.25, -0.2) is 4.79 Å². The third-order valence-electron chi connectivity index (χ3n) is 3.35. The molecule has 0 saturated heterocycles. The Labute approximate surface area is 123 Å². The molecule has 6 heteroatoms. The molecule has 1 rings (SSSR count). The molecular weight excluding hydrogens is 274 g/mol. The summed E-state index contributed by atoms with van der Waals surface area (Å²) in [7, 11) is 0. The van der Waals surface area contributed by atoms with Crippen LogP contribution in [0.15, 0.2) is 24.3 Å². The van der Waals surface area contributed by atoms with Crippen molar-refractivity contribution in [3.8, 4) is 0 Å². The van der Waals surface area contributed by atoms with Crippen LogP contribution in [-0.2, 0) is 9.59 Å². The van der Waals surface area contributed by atoms with Gasteiger partial charge in [0.25, 0.3) is 0 Å². The lowest BCUT2D eigenvalue weighted by Gasteiger charge is -2.21. The van der Waals surface area contributed by atoms with Crippen molar-refractivity contribution in [2.24, 2.45) is 0 Å². The summed E-state index contributed by atoms with van der Waals surface area (Å²) in [6.07, 6.45) is -0.135. The highest BCUT2D eigenvalue weighted by molar-refractivity contribution is 5.88. The van der Waals surface area contributed by atoms with Crippen LogP contribution in [0.4, 0.5) is 0 Å². The smallest absolute Gasteiger partial charge is 0.335 e. The molecule has 0 heterocycles. The van der Waals surface area contributed by atoms with E-state index < -0.39 is 17.9 Å². The van der Waals surface area contributed by atoms with Crippen molar-refractivity contribution in [2.75, 3.05) is 13.1 Å². The number of carbonyl (C=O) groups is 3. The molecule has 1 amide bonds. The topological polar surface area (TPSA) is 94.9 Å². The van der Waals surface area contributed by atoms with Gasteiger partial charge in [0.1, 0.15) is 0 Å². The summed E-state index contributed by atoms with van der Waals surface area (Å²) in [5.74, 6) is -3.37. The molecule has 0 aliphatic rings.